The number of carbonyl (C=O) groups excluding carboxylic acids is 1. The van der Waals surface area contributed by atoms with Gasteiger partial charge in [0, 0.05) is 30.9 Å². The fourth-order valence-corrected chi connectivity index (χ4v) is 6.10. The Balaban J connectivity index is 1.46. The predicted octanol–water partition coefficient (Wildman–Crippen LogP) is 5.16. The third-order valence-corrected chi connectivity index (χ3v) is 7.78. The lowest BCUT2D eigenvalue weighted by Crippen LogP contribution is -2.60. The van der Waals surface area contributed by atoms with E-state index in [0.717, 1.165) is 41.8 Å². The van der Waals surface area contributed by atoms with Crippen LogP contribution in [0, 0.1) is 12.3 Å². The highest BCUT2D eigenvalue weighted by Crippen LogP contribution is 2.46. The topological polar surface area (TPSA) is 56.7 Å². The fourth-order valence-electron chi connectivity index (χ4n) is 5.89. The summed E-state index contributed by atoms with van der Waals surface area (Å²) >= 11 is 6.27. The molecule has 182 valence electrons. The quantitative estimate of drug-likeness (QED) is 0.537. The summed E-state index contributed by atoms with van der Waals surface area (Å²) in [6, 6.07) is 21.2. The monoisotopic (exact) mass is 489 g/mol. The van der Waals surface area contributed by atoms with Gasteiger partial charge in [0.2, 0.25) is 5.91 Å². The maximum Gasteiger partial charge on any atom is 0.231 e. The van der Waals surface area contributed by atoms with Crippen LogP contribution in [-0.4, -0.2) is 45.0 Å². The van der Waals surface area contributed by atoms with Crippen LogP contribution >= 0.6 is 11.6 Å². The van der Waals surface area contributed by atoms with E-state index in [1.54, 1.807) is 0 Å². The summed E-state index contributed by atoms with van der Waals surface area (Å²) < 4.78 is 0. The Morgan fingerprint density at radius 2 is 1.91 bits per heavy atom. The van der Waals surface area contributed by atoms with Crippen LogP contribution in [0.2, 0.25) is 5.02 Å². The summed E-state index contributed by atoms with van der Waals surface area (Å²) in [6.07, 6.45) is 3.36. The molecule has 2 aliphatic rings. The van der Waals surface area contributed by atoms with Crippen LogP contribution in [0.15, 0.2) is 72.9 Å². The highest BCUT2D eigenvalue weighted by Gasteiger charge is 2.53. The molecule has 1 N–H and O–H groups in total. The minimum absolute atomic E-state index is 0.124. The smallest absolute Gasteiger partial charge is 0.231 e. The zero-order chi connectivity index (χ0) is 24.4. The molecule has 3 atom stereocenters. The van der Waals surface area contributed by atoms with Crippen LogP contribution in [0.5, 0.6) is 0 Å². The number of aryl methyl sites for hydroxylation is 1. The number of halogens is 1. The molecule has 35 heavy (non-hydrogen) atoms. The number of piperidine rings is 2. The molecule has 5 rings (SSSR count). The second-order valence-corrected chi connectivity index (χ2v) is 10.5. The lowest BCUT2D eigenvalue weighted by atomic mass is 9.69. The normalized spacial score (nSPS) is 25.2. The van der Waals surface area contributed by atoms with Gasteiger partial charge in [-0.3, -0.25) is 14.7 Å². The molecule has 0 aliphatic carbocycles. The Hall–Kier alpha value is -2.73. The molecule has 3 heterocycles. The van der Waals surface area contributed by atoms with E-state index in [0.29, 0.717) is 31.1 Å². The molecule has 6 heteroatoms. The molecule has 0 saturated carbocycles. The lowest BCUT2D eigenvalue weighted by molar-refractivity contribution is -0.166. The summed E-state index contributed by atoms with van der Waals surface area (Å²) in [6.45, 7) is 4.77. The molecular weight excluding hydrogens is 458 g/mol. The van der Waals surface area contributed by atoms with E-state index >= 15 is 0 Å². The molecule has 2 saturated heterocycles. The van der Waals surface area contributed by atoms with Crippen molar-refractivity contribution in [3.05, 3.63) is 100 Å². The maximum atomic E-state index is 14.3. The van der Waals surface area contributed by atoms with Crippen molar-refractivity contribution in [1.29, 1.82) is 0 Å². The van der Waals surface area contributed by atoms with Crippen molar-refractivity contribution in [2.45, 2.75) is 51.4 Å². The molecule has 0 bridgehead atoms. The average Bonchev–Trinajstić information content (AvgIpc) is 2.85. The summed E-state index contributed by atoms with van der Waals surface area (Å²) in [5.74, 6) is 0.124. The average molecular weight is 490 g/mol. The van der Waals surface area contributed by atoms with Gasteiger partial charge in [-0.25, -0.2) is 0 Å². The Labute approximate surface area is 212 Å². The van der Waals surface area contributed by atoms with Crippen LogP contribution < -0.4 is 0 Å². The SMILES string of the molecule is Cc1cccnc1CN1CCC[C@]2(C[C@@H](O)[C@H](c3ccccc3)N(Cc3cccc(Cl)c3)C2=O)C1. The molecule has 2 aliphatic heterocycles. The van der Waals surface area contributed by atoms with Gasteiger partial charge in [-0.05, 0) is 67.6 Å². The summed E-state index contributed by atoms with van der Waals surface area (Å²) in [5, 5.41) is 12.2. The Kier molecular flexibility index (Phi) is 6.92. The molecule has 2 aromatic carbocycles. The number of pyridine rings is 1. The molecule has 5 nitrogen and oxygen atoms in total. The van der Waals surface area contributed by atoms with E-state index in [-0.39, 0.29) is 11.9 Å². The number of amides is 1. The molecule has 1 aromatic heterocycles. The summed E-state index contributed by atoms with van der Waals surface area (Å²) in [7, 11) is 0. The second-order valence-electron chi connectivity index (χ2n) is 10.1. The zero-order valence-corrected chi connectivity index (χ0v) is 20.9. The first kappa shape index (κ1) is 24.0. The molecule has 1 spiro atoms. The molecule has 0 unspecified atom stereocenters. The van der Waals surface area contributed by atoms with Gasteiger partial charge >= 0.3 is 0 Å². The van der Waals surface area contributed by atoms with Crippen molar-refractivity contribution >= 4 is 17.5 Å². The first-order valence-electron chi connectivity index (χ1n) is 12.4. The molecule has 3 aromatic rings. The Morgan fingerprint density at radius 1 is 1.09 bits per heavy atom. The summed E-state index contributed by atoms with van der Waals surface area (Å²) in [5.41, 5.74) is 3.53. The first-order chi connectivity index (χ1) is 16.9. The zero-order valence-electron chi connectivity index (χ0n) is 20.1. The molecule has 0 radical (unpaired) electrons. The number of carbonyl (C=O) groups is 1. The van der Waals surface area contributed by atoms with Crippen molar-refractivity contribution in [2.75, 3.05) is 13.1 Å². The number of benzene rings is 2. The molecular formula is C29H32ClN3O2. The highest BCUT2D eigenvalue weighted by molar-refractivity contribution is 6.30. The van der Waals surface area contributed by atoms with Crippen molar-refractivity contribution in [1.82, 2.24) is 14.8 Å². The van der Waals surface area contributed by atoms with Crippen molar-refractivity contribution in [3.8, 4) is 0 Å². The minimum Gasteiger partial charge on any atom is -0.391 e. The first-order valence-corrected chi connectivity index (χ1v) is 12.7. The fraction of sp³-hybridized carbons (Fsp3) is 0.379. The van der Waals surface area contributed by atoms with Crippen molar-refractivity contribution in [2.24, 2.45) is 5.41 Å². The van der Waals surface area contributed by atoms with Gasteiger partial charge < -0.3 is 10.0 Å². The number of hydrogen-bond acceptors (Lipinski definition) is 4. The number of hydrogen-bond donors (Lipinski definition) is 1. The van der Waals surface area contributed by atoms with E-state index < -0.39 is 11.5 Å². The summed E-state index contributed by atoms with van der Waals surface area (Å²) in [4.78, 5) is 23.1. The van der Waals surface area contributed by atoms with Gasteiger partial charge in [-0.2, -0.15) is 0 Å². The van der Waals surface area contributed by atoms with Crippen molar-refractivity contribution in [3.63, 3.8) is 0 Å². The Bertz CT molecular complexity index is 1190. The predicted molar refractivity (Wildman–Crippen MR) is 138 cm³/mol. The lowest BCUT2D eigenvalue weighted by Gasteiger charge is -2.52. The molecule has 1 amide bonds. The van der Waals surface area contributed by atoms with E-state index in [1.807, 2.05) is 71.8 Å². The third kappa shape index (κ3) is 4.99. The standard InChI is InChI=1S/C29H32ClN3O2/c1-21-8-6-14-31-25(21)19-32-15-7-13-29(20-32)17-26(34)27(23-10-3-2-4-11-23)33(28(29)35)18-22-9-5-12-24(30)16-22/h2-6,8-12,14,16,26-27,34H,7,13,15,17-20H2,1H3/t26-,27+,29+/m1/s1. The van der Waals surface area contributed by atoms with Crippen molar-refractivity contribution < 1.29 is 9.90 Å². The van der Waals surface area contributed by atoms with E-state index in [1.165, 1.54) is 0 Å². The number of aliphatic hydroxyl groups excluding tert-OH is 1. The van der Waals surface area contributed by atoms with E-state index in [2.05, 4.69) is 22.9 Å². The minimum atomic E-state index is -0.647. The van der Waals surface area contributed by atoms with E-state index in [9.17, 15) is 9.90 Å². The van der Waals surface area contributed by atoms with Crippen LogP contribution in [0.25, 0.3) is 0 Å². The number of likely N-dealkylation sites (tertiary alicyclic amines) is 2. The maximum absolute atomic E-state index is 14.3. The highest BCUT2D eigenvalue weighted by atomic mass is 35.5. The van der Waals surface area contributed by atoms with Crippen LogP contribution in [0.1, 0.15) is 47.7 Å². The van der Waals surface area contributed by atoms with Gasteiger partial charge in [-0.1, -0.05) is 60.1 Å². The van der Waals surface area contributed by atoms with Gasteiger partial charge in [0.25, 0.3) is 0 Å². The van der Waals surface area contributed by atoms with E-state index in [4.69, 9.17) is 11.6 Å². The van der Waals surface area contributed by atoms with Gasteiger partial charge in [0.1, 0.15) is 0 Å². The number of rotatable bonds is 5. The molecule has 2 fully saturated rings. The number of aromatic nitrogens is 1. The van der Waals surface area contributed by atoms with Crippen LogP contribution in [-0.2, 0) is 17.9 Å². The van der Waals surface area contributed by atoms with Crippen LogP contribution in [0.4, 0.5) is 0 Å². The second kappa shape index (κ2) is 10.1. The van der Waals surface area contributed by atoms with Crippen LogP contribution in [0.3, 0.4) is 0 Å². The Morgan fingerprint density at radius 3 is 2.69 bits per heavy atom. The number of nitrogens with zero attached hydrogens (tertiary/aromatic N) is 3. The largest absolute Gasteiger partial charge is 0.391 e. The van der Waals surface area contributed by atoms with Gasteiger partial charge in [0.05, 0.1) is 23.3 Å². The van der Waals surface area contributed by atoms with Gasteiger partial charge in [0.15, 0.2) is 0 Å². The third-order valence-electron chi connectivity index (χ3n) is 7.54. The van der Waals surface area contributed by atoms with Gasteiger partial charge in [-0.15, -0.1) is 0 Å². The number of aliphatic hydroxyl groups is 1.